The van der Waals surface area contributed by atoms with Crippen molar-refractivity contribution < 1.29 is 0 Å². The summed E-state index contributed by atoms with van der Waals surface area (Å²) in [4.78, 5) is 11.2. The summed E-state index contributed by atoms with van der Waals surface area (Å²) in [6.07, 6.45) is 3.82. The summed E-state index contributed by atoms with van der Waals surface area (Å²) in [5.41, 5.74) is 6.99. The third kappa shape index (κ3) is 3.17. The van der Waals surface area contributed by atoms with E-state index in [-0.39, 0.29) is 0 Å². The highest BCUT2D eigenvalue weighted by molar-refractivity contribution is 5.56. The Morgan fingerprint density at radius 1 is 1.16 bits per heavy atom. The van der Waals surface area contributed by atoms with Gasteiger partial charge in [-0.1, -0.05) is 13.8 Å². The maximum Gasteiger partial charge on any atom is 0.137 e. The molecule has 2 heterocycles. The smallest absolute Gasteiger partial charge is 0.137 e. The summed E-state index contributed by atoms with van der Waals surface area (Å²) in [7, 11) is 0. The van der Waals surface area contributed by atoms with Crippen LogP contribution in [0.25, 0.3) is 0 Å². The zero-order valence-corrected chi connectivity index (χ0v) is 12.6. The Labute approximate surface area is 116 Å². The minimum absolute atomic E-state index is 0.618. The fourth-order valence-corrected chi connectivity index (χ4v) is 2.94. The van der Waals surface area contributed by atoms with Gasteiger partial charge in [-0.05, 0) is 44.9 Å². The Kier molecular flexibility index (Phi) is 4.27. The summed E-state index contributed by atoms with van der Waals surface area (Å²) < 4.78 is 0. The molecule has 4 heteroatoms. The van der Waals surface area contributed by atoms with Crippen LogP contribution in [0.5, 0.6) is 0 Å². The van der Waals surface area contributed by atoms with Gasteiger partial charge in [0.1, 0.15) is 17.5 Å². The maximum absolute atomic E-state index is 5.96. The van der Waals surface area contributed by atoms with Crippen molar-refractivity contribution >= 4 is 11.6 Å². The molecule has 1 unspecified atom stereocenters. The first-order valence-electron chi connectivity index (χ1n) is 7.34. The molecule has 1 aliphatic heterocycles. The average Bonchev–Trinajstić information content (AvgIpc) is 2.59. The average molecular weight is 262 g/mol. The van der Waals surface area contributed by atoms with Gasteiger partial charge in [0, 0.05) is 18.7 Å². The van der Waals surface area contributed by atoms with Crippen molar-refractivity contribution in [3.63, 3.8) is 0 Å². The highest BCUT2D eigenvalue weighted by Gasteiger charge is 2.22. The van der Waals surface area contributed by atoms with Gasteiger partial charge in [0.25, 0.3) is 0 Å². The van der Waals surface area contributed by atoms with Crippen molar-refractivity contribution in [3.8, 4) is 0 Å². The van der Waals surface area contributed by atoms with E-state index in [0.29, 0.717) is 5.82 Å². The number of nitrogens with two attached hydrogens (primary N) is 1. The van der Waals surface area contributed by atoms with Gasteiger partial charge in [-0.2, -0.15) is 0 Å². The van der Waals surface area contributed by atoms with Crippen LogP contribution in [-0.4, -0.2) is 23.1 Å². The van der Waals surface area contributed by atoms with Crippen LogP contribution in [0.2, 0.25) is 0 Å². The lowest BCUT2D eigenvalue weighted by Crippen LogP contribution is -2.27. The van der Waals surface area contributed by atoms with Crippen LogP contribution in [0.3, 0.4) is 0 Å². The molecule has 0 radical (unpaired) electrons. The SMILES string of the molecule is Cc1nc(N)c(C)c(N2CCCC(C(C)C)CC2)n1. The van der Waals surface area contributed by atoms with Crippen LogP contribution in [0.4, 0.5) is 11.6 Å². The number of hydrogen-bond donors (Lipinski definition) is 1. The number of nitrogens with zero attached hydrogens (tertiary/aromatic N) is 3. The Hall–Kier alpha value is -1.32. The number of anilines is 2. The zero-order valence-electron chi connectivity index (χ0n) is 12.6. The predicted octanol–water partition coefficient (Wildman–Crippen LogP) is 2.94. The molecule has 0 bridgehead atoms. The number of aromatic nitrogens is 2. The summed E-state index contributed by atoms with van der Waals surface area (Å²) in [5.74, 6) is 4.04. The molecule has 0 saturated carbocycles. The molecular formula is C15H26N4. The maximum atomic E-state index is 5.96. The van der Waals surface area contributed by atoms with E-state index in [1.807, 2.05) is 13.8 Å². The van der Waals surface area contributed by atoms with E-state index >= 15 is 0 Å². The van der Waals surface area contributed by atoms with Crippen LogP contribution < -0.4 is 10.6 Å². The standard InChI is InChI=1S/C15H26N4/c1-10(2)13-6-5-8-19(9-7-13)15-11(3)14(16)17-12(4)18-15/h10,13H,5-9H2,1-4H3,(H2,16,17,18). The third-order valence-electron chi connectivity index (χ3n) is 4.28. The summed E-state index contributed by atoms with van der Waals surface area (Å²) in [5, 5.41) is 0. The van der Waals surface area contributed by atoms with E-state index in [9.17, 15) is 0 Å². The second-order valence-electron chi connectivity index (χ2n) is 6.03. The highest BCUT2D eigenvalue weighted by atomic mass is 15.2. The Bertz CT molecular complexity index is 442. The van der Waals surface area contributed by atoms with E-state index in [2.05, 4.69) is 28.7 Å². The van der Waals surface area contributed by atoms with E-state index in [0.717, 1.165) is 42.1 Å². The van der Waals surface area contributed by atoms with Gasteiger partial charge in [-0.15, -0.1) is 0 Å². The molecule has 1 aromatic rings. The van der Waals surface area contributed by atoms with Crippen molar-refractivity contribution in [1.29, 1.82) is 0 Å². The minimum atomic E-state index is 0.618. The number of aryl methyl sites for hydroxylation is 1. The molecule has 1 atom stereocenters. The number of rotatable bonds is 2. The van der Waals surface area contributed by atoms with E-state index < -0.39 is 0 Å². The number of nitrogen functional groups attached to an aromatic ring is 1. The van der Waals surface area contributed by atoms with Crippen LogP contribution in [-0.2, 0) is 0 Å². The molecule has 4 nitrogen and oxygen atoms in total. The molecular weight excluding hydrogens is 236 g/mol. The second kappa shape index (κ2) is 5.76. The lowest BCUT2D eigenvalue weighted by Gasteiger charge is -2.24. The third-order valence-corrected chi connectivity index (χ3v) is 4.28. The summed E-state index contributed by atoms with van der Waals surface area (Å²) in [6, 6.07) is 0. The van der Waals surface area contributed by atoms with Crippen molar-refractivity contribution in [2.24, 2.45) is 11.8 Å². The fourth-order valence-electron chi connectivity index (χ4n) is 2.94. The predicted molar refractivity (Wildman–Crippen MR) is 80.3 cm³/mol. The van der Waals surface area contributed by atoms with Gasteiger partial charge in [-0.25, -0.2) is 9.97 Å². The molecule has 19 heavy (non-hydrogen) atoms. The van der Waals surface area contributed by atoms with Gasteiger partial charge in [-0.3, -0.25) is 0 Å². The van der Waals surface area contributed by atoms with E-state index in [4.69, 9.17) is 5.73 Å². The monoisotopic (exact) mass is 262 g/mol. The van der Waals surface area contributed by atoms with Crippen molar-refractivity contribution in [1.82, 2.24) is 9.97 Å². The van der Waals surface area contributed by atoms with Crippen LogP contribution in [0.1, 0.15) is 44.5 Å². The molecule has 0 amide bonds. The number of hydrogen-bond acceptors (Lipinski definition) is 4. The zero-order chi connectivity index (χ0) is 14.0. The van der Waals surface area contributed by atoms with Gasteiger partial charge < -0.3 is 10.6 Å². The van der Waals surface area contributed by atoms with Crippen molar-refractivity contribution in [2.45, 2.75) is 47.0 Å². The summed E-state index contributed by atoms with van der Waals surface area (Å²) >= 11 is 0. The largest absolute Gasteiger partial charge is 0.383 e. The molecule has 2 N–H and O–H groups in total. The first-order chi connectivity index (χ1) is 8.99. The highest BCUT2D eigenvalue weighted by Crippen LogP contribution is 2.29. The van der Waals surface area contributed by atoms with Crippen LogP contribution in [0.15, 0.2) is 0 Å². The molecule has 106 valence electrons. The molecule has 1 aromatic heterocycles. The topological polar surface area (TPSA) is 55.0 Å². The molecule has 1 saturated heterocycles. The first kappa shape index (κ1) is 14.1. The summed E-state index contributed by atoms with van der Waals surface area (Å²) in [6.45, 7) is 10.8. The normalized spacial score (nSPS) is 20.7. The minimum Gasteiger partial charge on any atom is -0.383 e. The molecule has 1 fully saturated rings. The Balaban J connectivity index is 2.19. The Morgan fingerprint density at radius 2 is 1.89 bits per heavy atom. The molecule has 2 rings (SSSR count). The van der Waals surface area contributed by atoms with E-state index in [1.165, 1.54) is 19.3 Å². The molecule has 1 aliphatic rings. The molecule has 0 spiro atoms. The fraction of sp³-hybridized carbons (Fsp3) is 0.733. The first-order valence-corrected chi connectivity index (χ1v) is 7.34. The van der Waals surface area contributed by atoms with Crippen LogP contribution in [0, 0.1) is 25.7 Å². The lowest BCUT2D eigenvalue weighted by atomic mass is 9.89. The Morgan fingerprint density at radius 3 is 2.58 bits per heavy atom. The van der Waals surface area contributed by atoms with Gasteiger partial charge in [0.2, 0.25) is 0 Å². The van der Waals surface area contributed by atoms with Gasteiger partial charge in [0.05, 0.1) is 0 Å². The molecule has 0 aliphatic carbocycles. The van der Waals surface area contributed by atoms with Crippen molar-refractivity contribution in [2.75, 3.05) is 23.7 Å². The second-order valence-corrected chi connectivity index (χ2v) is 6.03. The quantitative estimate of drug-likeness (QED) is 0.890. The molecule has 0 aromatic carbocycles. The van der Waals surface area contributed by atoms with Gasteiger partial charge in [0.15, 0.2) is 0 Å². The lowest BCUT2D eigenvalue weighted by molar-refractivity contribution is 0.351. The van der Waals surface area contributed by atoms with Gasteiger partial charge >= 0.3 is 0 Å². The van der Waals surface area contributed by atoms with Crippen molar-refractivity contribution in [3.05, 3.63) is 11.4 Å². The van der Waals surface area contributed by atoms with Crippen LogP contribution >= 0.6 is 0 Å². The van der Waals surface area contributed by atoms with E-state index in [1.54, 1.807) is 0 Å².